The summed E-state index contributed by atoms with van der Waals surface area (Å²) in [6.07, 6.45) is 1.06. The number of aryl methyl sites for hydroxylation is 1. The van der Waals surface area contributed by atoms with Crippen LogP contribution in [0.2, 0.25) is 0 Å². The van der Waals surface area contributed by atoms with Gasteiger partial charge in [-0.1, -0.05) is 21.1 Å². The molecule has 0 aliphatic rings. The average molecular weight is 232 g/mol. The second-order valence-corrected chi connectivity index (χ2v) is 3.29. The molecule has 2 nitrogen and oxygen atoms in total. The summed E-state index contributed by atoms with van der Waals surface area (Å²) in [6, 6.07) is 3.20. The van der Waals surface area contributed by atoms with Gasteiger partial charge in [-0.2, -0.15) is 0 Å². The molecule has 0 aliphatic carbocycles. The van der Waals surface area contributed by atoms with E-state index in [1.807, 2.05) is 0 Å². The third-order valence-corrected chi connectivity index (χ3v) is 1.90. The lowest BCUT2D eigenvalue weighted by molar-refractivity contribution is 0.321. The van der Waals surface area contributed by atoms with Crippen LogP contribution in [-0.2, 0) is 0 Å². The molecule has 0 saturated carbocycles. The van der Waals surface area contributed by atoms with E-state index in [9.17, 15) is 4.39 Å². The summed E-state index contributed by atoms with van der Waals surface area (Å²) in [5, 5.41) is 11.0. The van der Waals surface area contributed by atoms with Crippen LogP contribution in [0.1, 0.15) is 11.1 Å². The second kappa shape index (κ2) is 3.67. The van der Waals surface area contributed by atoms with Gasteiger partial charge >= 0.3 is 0 Å². The van der Waals surface area contributed by atoms with Crippen LogP contribution in [0, 0.1) is 12.7 Å². The number of oxime groups is 1. The molecule has 0 spiro atoms. The Morgan fingerprint density at radius 3 is 2.83 bits per heavy atom. The van der Waals surface area contributed by atoms with E-state index >= 15 is 0 Å². The molecule has 0 fully saturated rings. The number of nitrogens with zero attached hydrogens (tertiary/aromatic N) is 1. The van der Waals surface area contributed by atoms with E-state index in [1.54, 1.807) is 19.1 Å². The average Bonchev–Trinajstić information content (AvgIpc) is 2.00. The molecule has 0 unspecified atom stereocenters. The summed E-state index contributed by atoms with van der Waals surface area (Å²) in [7, 11) is 0. The van der Waals surface area contributed by atoms with Gasteiger partial charge in [0.15, 0.2) is 0 Å². The lowest BCUT2D eigenvalue weighted by Gasteiger charge is -2.00. The van der Waals surface area contributed by atoms with E-state index < -0.39 is 0 Å². The van der Waals surface area contributed by atoms with Crippen LogP contribution < -0.4 is 0 Å². The molecule has 0 atom stereocenters. The summed E-state index contributed by atoms with van der Waals surface area (Å²) in [5.41, 5.74) is 0.781. The zero-order valence-corrected chi connectivity index (χ0v) is 7.97. The predicted molar refractivity (Wildman–Crippen MR) is 48.2 cm³/mol. The van der Waals surface area contributed by atoms with Crippen molar-refractivity contribution in [3.8, 4) is 0 Å². The third-order valence-electron chi connectivity index (χ3n) is 1.44. The summed E-state index contributed by atoms with van der Waals surface area (Å²) in [4.78, 5) is 0. The molecule has 64 valence electrons. The molecule has 0 saturated heterocycles. The molecule has 1 rings (SSSR count). The zero-order chi connectivity index (χ0) is 9.14. The molecule has 1 aromatic carbocycles. The monoisotopic (exact) mass is 231 g/mol. The molecule has 12 heavy (non-hydrogen) atoms. The normalized spacial score (nSPS) is 10.9. The Bertz CT molecular complexity index is 325. The third kappa shape index (κ3) is 1.82. The summed E-state index contributed by atoms with van der Waals surface area (Å²) in [5.74, 6) is -0.365. The van der Waals surface area contributed by atoms with Crippen molar-refractivity contribution in [2.75, 3.05) is 0 Å². The van der Waals surface area contributed by atoms with E-state index in [1.165, 1.54) is 0 Å². The molecular weight excluding hydrogens is 225 g/mol. The van der Waals surface area contributed by atoms with Crippen LogP contribution in [-0.4, -0.2) is 11.4 Å². The van der Waals surface area contributed by atoms with Crippen molar-refractivity contribution in [1.29, 1.82) is 0 Å². The van der Waals surface area contributed by atoms with Gasteiger partial charge in [-0.15, -0.1) is 0 Å². The van der Waals surface area contributed by atoms with Gasteiger partial charge in [0.1, 0.15) is 5.82 Å². The van der Waals surface area contributed by atoms with Gasteiger partial charge in [0.05, 0.1) is 6.21 Å². The van der Waals surface area contributed by atoms with Gasteiger partial charge in [0.25, 0.3) is 0 Å². The maximum Gasteiger partial charge on any atom is 0.135 e. The van der Waals surface area contributed by atoms with Crippen molar-refractivity contribution >= 4 is 22.1 Å². The van der Waals surface area contributed by atoms with E-state index in [0.717, 1.165) is 10.7 Å². The number of hydrogen-bond acceptors (Lipinski definition) is 2. The van der Waals surface area contributed by atoms with Crippen LogP contribution in [0.4, 0.5) is 4.39 Å². The predicted octanol–water partition coefficient (Wildman–Crippen LogP) is 2.70. The Balaban J connectivity index is 3.27. The fraction of sp³-hybridized carbons (Fsp3) is 0.125. The lowest BCUT2D eigenvalue weighted by atomic mass is 10.1. The topological polar surface area (TPSA) is 32.6 Å². The molecule has 1 aromatic rings. The fourth-order valence-electron chi connectivity index (χ4n) is 0.908. The highest BCUT2D eigenvalue weighted by atomic mass is 79.9. The van der Waals surface area contributed by atoms with Crippen molar-refractivity contribution in [1.82, 2.24) is 0 Å². The van der Waals surface area contributed by atoms with Gasteiger partial charge < -0.3 is 5.21 Å². The van der Waals surface area contributed by atoms with Crippen molar-refractivity contribution in [3.63, 3.8) is 0 Å². The van der Waals surface area contributed by atoms with Crippen LogP contribution in [0.25, 0.3) is 0 Å². The summed E-state index contributed by atoms with van der Waals surface area (Å²) < 4.78 is 13.9. The minimum atomic E-state index is -0.365. The number of rotatable bonds is 1. The van der Waals surface area contributed by atoms with Crippen LogP contribution in [0.5, 0.6) is 0 Å². The minimum absolute atomic E-state index is 0.268. The van der Waals surface area contributed by atoms with E-state index in [2.05, 4.69) is 21.1 Å². The smallest absolute Gasteiger partial charge is 0.135 e. The maximum absolute atomic E-state index is 13.1. The van der Waals surface area contributed by atoms with Gasteiger partial charge in [-0.3, -0.25) is 0 Å². The minimum Gasteiger partial charge on any atom is -0.411 e. The van der Waals surface area contributed by atoms with Gasteiger partial charge in [-0.05, 0) is 24.6 Å². The highest BCUT2D eigenvalue weighted by Crippen LogP contribution is 2.18. The van der Waals surface area contributed by atoms with Crippen molar-refractivity contribution in [2.24, 2.45) is 5.16 Å². The van der Waals surface area contributed by atoms with E-state index in [-0.39, 0.29) is 11.4 Å². The van der Waals surface area contributed by atoms with Crippen LogP contribution >= 0.6 is 15.9 Å². The van der Waals surface area contributed by atoms with Gasteiger partial charge in [0, 0.05) is 10.0 Å². The summed E-state index contributed by atoms with van der Waals surface area (Å²) >= 11 is 3.21. The SMILES string of the molecule is Cc1cc(Br)cc(C=NO)c1F. The maximum atomic E-state index is 13.1. The Morgan fingerprint density at radius 2 is 2.25 bits per heavy atom. The van der Waals surface area contributed by atoms with Crippen LogP contribution in [0.15, 0.2) is 21.8 Å². The van der Waals surface area contributed by atoms with Crippen molar-refractivity contribution in [2.45, 2.75) is 6.92 Å². The Hall–Kier alpha value is -0.900. The standard InChI is InChI=1S/C8H7BrFNO/c1-5-2-7(9)3-6(4-11-12)8(5)10/h2-4,12H,1H3. The zero-order valence-electron chi connectivity index (χ0n) is 6.38. The quantitative estimate of drug-likeness (QED) is 0.450. The number of halogens is 2. The van der Waals surface area contributed by atoms with Crippen molar-refractivity contribution in [3.05, 3.63) is 33.5 Å². The number of hydrogen-bond donors (Lipinski definition) is 1. The van der Waals surface area contributed by atoms with Crippen LogP contribution in [0.3, 0.4) is 0 Å². The molecule has 4 heteroatoms. The highest BCUT2D eigenvalue weighted by molar-refractivity contribution is 9.10. The first-order valence-electron chi connectivity index (χ1n) is 3.28. The molecule has 1 N–H and O–H groups in total. The van der Waals surface area contributed by atoms with Gasteiger partial charge in [-0.25, -0.2) is 4.39 Å². The Labute approximate surface area is 77.8 Å². The molecule has 0 radical (unpaired) electrons. The first-order chi connectivity index (χ1) is 5.65. The van der Waals surface area contributed by atoms with Crippen molar-refractivity contribution < 1.29 is 9.60 Å². The van der Waals surface area contributed by atoms with E-state index in [0.29, 0.717) is 5.56 Å². The molecular formula is C8H7BrFNO. The Kier molecular flexibility index (Phi) is 2.81. The first kappa shape index (κ1) is 9.19. The fourth-order valence-corrected chi connectivity index (χ4v) is 1.50. The van der Waals surface area contributed by atoms with Gasteiger partial charge in [0.2, 0.25) is 0 Å². The second-order valence-electron chi connectivity index (χ2n) is 2.37. The first-order valence-corrected chi connectivity index (χ1v) is 4.07. The molecule has 0 aromatic heterocycles. The molecule has 0 amide bonds. The highest BCUT2D eigenvalue weighted by Gasteiger charge is 2.04. The molecule has 0 bridgehead atoms. The molecule has 0 heterocycles. The number of benzene rings is 1. The largest absolute Gasteiger partial charge is 0.411 e. The summed E-state index contributed by atoms with van der Waals surface area (Å²) in [6.45, 7) is 1.65. The Morgan fingerprint density at radius 1 is 1.58 bits per heavy atom. The van der Waals surface area contributed by atoms with E-state index in [4.69, 9.17) is 5.21 Å². The molecule has 0 aliphatic heterocycles. The lowest BCUT2D eigenvalue weighted by Crippen LogP contribution is -1.92.